The number of ether oxygens (including phenoxy) is 1. The quantitative estimate of drug-likeness (QED) is 0.379. The molecule has 1 aliphatic rings. The van der Waals surface area contributed by atoms with Crippen LogP contribution in [-0.4, -0.2) is 47.2 Å². The molecule has 6 nitrogen and oxygen atoms in total. The highest BCUT2D eigenvalue weighted by Crippen LogP contribution is 2.37. The maximum Gasteiger partial charge on any atom is 0.271 e. The number of hydrogen-bond donors (Lipinski definition) is 2. The lowest BCUT2D eigenvalue weighted by atomic mass is 10.1. The third-order valence-electron chi connectivity index (χ3n) is 4.53. The van der Waals surface area contributed by atoms with Gasteiger partial charge in [0.25, 0.3) is 5.91 Å². The Balaban J connectivity index is 1.88. The number of aliphatic hydroxyl groups is 2. The van der Waals surface area contributed by atoms with E-state index in [9.17, 15) is 9.90 Å². The summed E-state index contributed by atoms with van der Waals surface area (Å²) in [6.45, 7) is 4.38. The summed E-state index contributed by atoms with van der Waals surface area (Å²) >= 11 is 3.54. The molecule has 0 aliphatic carbocycles. The van der Waals surface area contributed by atoms with Crippen LogP contribution >= 0.6 is 34.4 Å². The predicted octanol–water partition coefficient (Wildman–Crippen LogP) is 4.22. The first kappa shape index (κ1) is 23.8. The average molecular weight is 552 g/mol. The largest absolute Gasteiger partial charge is 0.490 e. The molecule has 1 saturated heterocycles. The highest BCUT2D eigenvalue weighted by atomic mass is 127. The van der Waals surface area contributed by atoms with E-state index < -0.39 is 6.10 Å². The Hall–Kier alpha value is -1.88. The molecule has 2 N–H and O–H groups in total. The number of benzene rings is 2. The lowest BCUT2D eigenvalue weighted by Gasteiger charge is -2.18. The van der Waals surface area contributed by atoms with E-state index in [4.69, 9.17) is 9.84 Å². The lowest BCUT2D eigenvalue weighted by molar-refractivity contribution is -0.113. The van der Waals surface area contributed by atoms with Crippen molar-refractivity contribution < 1.29 is 19.7 Å². The molecule has 31 heavy (non-hydrogen) atoms. The van der Waals surface area contributed by atoms with E-state index in [1.165, 1.54) is 11.8 Å². The molecule has 1 heterocycles. The maximum absolute atomic E-state index is 13.3. The van der Waals surface area contributed by atoms with Crippen LogP contribution in [0.15, 0.2) is 52.4 Å². The fourth-order valence-corrected chi connectivity index (χ4v) is 4.62. The van der Waals surface area contributed by atoms with Crippen LogP contribution in [-0.2, 0) is 4.79 Å². The summed E-state index contributed by atoms with van der Waals surface area (Å²) in [7, 11) is 0. The van der Waals surface area contributed by atoms with Crippen molar-refractivity contribution in [3.8, 4) is 5.75 Å². The van der Waals surface area contributed by atoms with Crippen LogP contribution in [0.25, 0.3) is 6.08 Å². The Morgan fingerprint density at radius 1 is 1.29 bits per heavy atom. The third-order valence-corrected chi connectivity index (χ3v) is 6.38. The summed E-state index contributed by atoms with van der Waals surface area (Å²) in [6.07, 6.45) is 1.85. The van der Waals surface area contributed by atoms with Crippen molar-refractivity contribution in [1.29, 1.82) is 0 Å². The molecule has 1 amide bonds. The Morgan fingerprint density at radius 2 is 2.06 bits per heavy atom. The number of carbonyl (C=O) groups excluding carboxylic acids is 1. The molecule has 2 aromatic rings. The number of aliphatic hydroxyl groups excluding tert-OH is 2. The fraction of sp³-hybridized carbons (Fsp3) is 0.304. The SMILES string of the molecule is CCC/N=C1\S/C(=C\c2ccc(OC[C@H](O)CO)c(I)c2)C(=O)N1c1ccccc1C. The predicted molar refractivity (Wildman–Crippen MR) is 135 cm³/mol. The molecule has 0 radical (unpaired) electrons. The van der Waals surface area contributed by atoms with Crippen LogP contribution in [0, 0.1) is 10.5 Å². The van der Waals surface area contributed by atoms with Crippen LogP contribution < -0.4 is 9.64 Å². The third kappa shape index (κ3) is 5.88. The first-order valence-electron chi connectivity index (χ1n) is 10.00. The Kier molecular flexibility index (Phi) is 8.53. The zero-order chi connectivity index (χ0) is 22.4. The standard InChI is InChI=1S/C23H25IN2O4S/c1-3-10-25-23-26(19-7-5-4-6-15(19)2)22(29)21(31-23)12-16-8-9-20(18(24)11-16)30-14-17(28)13-27/h4-9,11-12,17,27-28H,3,10,13-14H2,1-2H3/b21-12-,25-23-/t17-/m1/s1. The smallest absolute Gasteiger partial charge is 0.271 e. The van der Waals surface area contributed by atoms with E-state index in [0.717, 1.165) is 26.8 Å². The van der Waals surface area contributed by atoms with Crippen LogP contribution in [0.3, 0.4) is 0 Å². The minimum absolute atomic E-state index is 0.0178. The van der Waals surface area contributed by atoms with Crippen molar-refractivity contribution in [2.24, 2.45) is 4.99 Å². The van der Waals surface area contributed by atoms with Crippen LogP contribution in [0.2, 0.25) is 0 Å². The molecule has 1 aliphatic heterocycles. The first-order valence-corrected chi connectivity index (χ1v) is 11.9. The molecule has 1 fully saturated rings. The van der Waals surface area contributed by atoms with E-state index in [1.54, 1.807) is 11.0 Å². The number of aryl methyl sites for hydroxylation is 1. The molecule has 0 spiro atoms. The second kappa shape index (κ2) is 11.1. The minimum atomic E-state index is -0.918. The Morgan fingerprint density at radius 3 is 2.74 bits per heavy atom. The number of aliphatic imine (C=N–C) groups is 1. The van der Waals surface area contributed by atoms with Crippen molar-refractivity contribution in [2.45, 2.75) is 26.4 Å². The van der Waals surface area contributed by atoms with E-state index in [-0.39, 0.29) is 19.1 Å². The highest BCUT2D eigenvalue weighted by molar-refractivity contribution is 14.1. The van der Waals surface area contributed by atoms with E-state index >= 15 is 0 Å². The minimum Gasteiger partial charge on any atom is -0.490 e. The van der Waals surface area contributed by atoms with Crippen molar-refractivity contribution in [2.75, 3.05) is 24.7 Å². The molecule has 2 aromatic carbocycles. The van der Waals surface area contributed by atoms with Gasteiger partial charge in [-0.3, -0.25) is 14.7 Å². The molecule has 0 saturated carbocycles. The zero-order valence-electron chi connectivity index (χ0n) is 17.4. The molecule has 164 valence electrons. The number of anilines is 1. The first-order chi connectivity index (χ1) is 14.9. The normalized spacial score (nSPS) is 17.6. The molecule has 1 atom stereocenters. The number of amidine groups is 1. The Labute approximate surface area is 200 Å². The van der Waals surface area contributed by atoms with Crippen molar-refractivity contribution in [3.05, 3.63) is 62.1 Å². The second-order valence-electron chi connectivity index (χ2n) is 7.04. The van der Waals surface area contributed by atoms with Crippen molar-refractivity contribution in [3.63, 3.8) is 0 Å². The van der Waals surface area contributed by atoms with Crippen LogP contribution in [0.1, 0.15) is 24.5 Å². The van der Waals surface area contributed by atoms with Crippen LogP contribution in [0.4, 0.5) is 5.69 Å². The van der Waals surface area contributed by atoms with Crippen LogP contribution in [0.5, 0.6) is 5.75 Å². The van der Waals surface area contributed by atoms with Gasteiger partial charge in [-0.05, 0) is 83.1 Å². The second-order valence-corrected chi connectivity index (χ2v) is 9.21. The number of nitrogens with zero attached hydrogens (tertiary/aromatic N) is 2. The number of thioether (sulfide) groups is 1. The van der Waals surface area contributed by atoms with Gasteiger partial charge in [0.1, 0.15) is 18.5 Å². The summed E-state index contributed by atoms with van der Waals surface area (Å²) in [6, 6.07) is 13.4. The number of amides is 1. The van der Waals surface area contributed by atoms with Gasteiger partial charge in [0, 0.05) is 6.54 Å². The summed E-state index contributed by atoms with van der Waals surface area (Å²) < 4.78 is 6.40. The van der Waals surface area contributed by atoms with E-state index in [2.05, 4.69) is 34.5 Å². The highest BCUT2D eigenvalue weighted by Gasteiger charge is 2.35. The van der Waals surface area contributed by atoms with Crippen molar-refractivity contribution in [1.82, 2.24) is 0 Å². The molecular formula is C23H25IN2O4S. The van der Waals surface area contributed by atoms with Gasteiger partial charge in [-0.15, -0.1) is 0 Å². The van der Waals surface area contributed by atoms with E-state index in [1.807, 2.05) is 49.4 Å². The number of rotatable bonds is 8. The number of halogens is 1. The van der Waals surface area contributed by atoms with Gasteiger partial charge >= 0.3 is 0 Å². The molecule has 0 bridgehead atoms. The maximum atomic E-state index is 13.3. The monoisotopic (exact) mass is 552 g/mol. The molecule has 0 aromatic heterocycles. The molecule has 8 heteroatoms. The lowest BCUT2D eigenvalue weighted by Crippen LogP contribution is -2.29. The van der Waals surface area contributed by atoms with Gasteiger partial charge < -0.3 is 14.9 Å². The summed E-state index contributed by atoms with van der Waals surface area (Å²) in [4.78, 5) is 20.2. The van der Waals surface area contributed by atoms with Gasteiger partial charge in [0.05, 0.1) is 20.8 Å². The summed E-state index contributed by atoms with van der Waals surface area (Å²) in [5, 5.41) is 19.1. The molecule has 3 rings (SSSR count). The van der Waals surface area contributed by atoms with Gasteiger partial charge in [0.2, 0.25) is 0 Å². The van der Waals surface area contributed by atoms with Gasteiger partial charge in [-0.2, -0.15) is 0 Å². The molecule has 0 unspecified atom stereocenters. The summed E-state index contributed by atoms with van der Waals surface area (Å²) in [5.74, 6) is 0.531. The Bertz CT molecular complexity index is 1010. The fourth-order valence-electron chi connectivity index (χ4n) is 2.93. The number of para-hydroxylation sites is 1. The van der Waals surface area contributed by atoms with Crippen molar-refractivity contribution >= 4 is 57.2 Å². The van der Waals surface area contributed by atoms with E-state index in [0.29, 0.717) is 22.4 Å². The summed E-state index contributed by atoms with van der Waals surface area (Å²) in [5.41, 5.74) is 2.74. The van der Waals surface area contributed by atoms with Gasteiger partial charge in [-0.1, -0.05) is 31.2 Å². The molecular weight excluding hydrogens is 527 g/mol. The number of carbonyl (C=O) groups is 1. The zero-order valence-corrected chi connectivity index (χ0v) is 20.4. The topological polar surface area (TPSA) is 82.4 Å². The van der Waals surface area contributed by atoms with Gasteiger partial charge in [-0.25, -0.2) is 0 Å². The van der Waals surface area contributed by atoms with Gasteiger partial charge in [0.15, 0.2) is 5.17 Å². The average Bonchev–Trinajstić information content (AvgIpc) is 3.06. The number of hydrogen-bond acceptors (Lipinski definition) is 6.